The van der Waals surface area contributed by atoms with Crippen molar-refractivity contribution in [3.8, 4) is 0 Å². The van der Waals surface area contributed by atoms with Gasteiger partial charge in [0.05, 0.1) is 11.3 Å². The number of benzene rings is 2. The van der Waals surface area contributed by atoms with Crippen molar-refractivity contribution < 1.29 is 13.2 Å². The number of nitrogens with two attached hydrogens (primary N) is 1. The molecule has 0 aliphatic rings. The predicted octanol–water partition coefficient (Wildman–Crippen LogP) is 2.93. The summed E-state index contributed by atoms with van der Waals surface area (Å²) in [4.78, 5) is 11.9. The number of carbonyl (C=O) groups is 1. The molecule has 0 aliphatic heterocycles. The van der Waals surface area contributed by atoms with Gasteiger partial charge in [-0.15, -0.1) is 0 Å². The Morgan fingerprint density at radius 2 is 1.82 bits per heavy atom. The minimum atomic E-state index is -3.85. The molecule has 0 unspecified atom stereocenters. The Hall–Kier alpha value is -1.41. The molecule has 3 N–H and O–H groups in total. The van der Waals surface area contributed by atoms with Crippen LogP contribution in [0.25, 0.3) is 0 Å². The summed E-state index contributed by atoms with van der Waals surface area (Å²) in [5.41, 5.74) is 1.15. The van der Waals surface area contributed by atoms with Crippen LogP contribution in [0.3, 0.4) is 0 Å². The highest BCUT2D eigenvalue weighted by atomic mass is 79.9. The van der Waals surface area contributed by atoms with Gasteiger partial charge in [-0.1, -0.05) is 17.7 Å². The number of hydrogen-bond donors (Lipinski definition) is 2. The lowest BCUT2D eigenvalue weighted by Gasteiger charge is -2.08. The molecule has 0 saturated heterocycles. The Morgan fingerprint density at radius 1 is 1.18 bits per heavy atom. The minimum Gasteiger partial charge on any atom is -0.326 e. The Labute approximate surface area is 141 Å². The summed E-state index contributed by atoms with van der Waals surface area (Å²) in [5, 5.41) is 8.40. The maximum absolute atomic E-state index is 12.0. The Balaban J connectivity index is 2.13. The van der Waals surface area contributed by atoms with E-state index in [0.717, 1.165) is 0 Å². The van der Waals surface area contributed by atoms with Crippen LogP contribution in [0, 0.1) is 0 Å². The molecule has 22 heavy (non-hydrogen) atoms. The summed E-state index contributed by atoms with van der Waals surface area (Å²) in [5.74, 6) is -0.273. The molecule has 0 aromatic heterocycles. The Morgan fingerprint density at radius 3 is 2.41 bits per heavy atom. The SMILES string of the molecule is NS(=O)(=O)c1cc(CC(=O)Nc2ccc(Cl)cc2)ccc1Br. The highest BCUT2D eigenvalue weighted by molar-refractivity contribution is 9.10. The highest BCUT2D eigenvalue weighted by Gasteiger charge is 2.14. The molecule has 5 nitrogen and oxygen atoms in total. The van der Waals surface area contributed by atoms with Crippen molar-refractivity contribution in [3.63, 3.8) is 0 Å². The number of halogens is 2. The van der Waals surface area contributed by atoms with Gasteiger partial charge in [0.15, 0.2) is 0 Å². The lowest BCUT2D eigenvalue weighted by atomic mass is 10.1. The molecular weight excluding hydrogens is 392 g/mol. The van der Waals surface area contributed by atoms with Crippen LogP contribution in [0.5, 0.6) is 0 Å². The van der Waals surface area contributed by atoms with E-state index in [2.05, 4.69) is 21.2 Å². The zero-order valence-electron chi connectivity index (χ0n) is 11.2. The molecule has 0 heterocycles. The van der Waals surface area contributed by atoms with Crippen molar-refractivity contribution in [2.75, 3.05) is 5.32 Å². The van der Waals surface area contributed by atoms with Gasteiger partial charge in [0.1, 0.15) is 0 Å². The monoisotopic (exact) mass is 402 g/mol. The van der Waals surface area contributed by atoms with Crippen LogP contribution in [0.2, 0.25) is 5.02 Å². The quantitative estimate of drug-likeness (QED) is 0.822. The molecule has 0 spiro atoms. The van der Waals surface area contributed by atoms with Crippen molar-refractivity contribution in [2.45, 2.75) is 11.3 Å². The Bertz CT molecular complexity index is 807. The third-order valence-electron chi connectivity index (χ3n) is 2.79. The molecule has 2 aromatic carbocycles. The van der Waals surface area contributed by atoms with Gasteiger partial charge in [0.25, 0.3) is 0 Å². The van der Waals surface area contributed by atoms with E-state index in [0.29, 0.717) is 20.7 Å². The lowest BCUT2D eigenvalue weighted by molar-refractivity contribution is -0.115. The van der Waals surface area contributed by atoms with Gasteiger partial charge in [-0.3, -0.25) is 4.79 Å². The zero-order chi connectivity index (χ0) is 16.3. The third kappa shape index (κ3) is 4.54. The molecule has 0 fully saturated rings. The van der Waals surface area contributed by atoms with Gasteiger partial charge < -0.3 is 5.32 Å². The van der Waals surface area contributed by atoms with Crippen molar-refractivity contribution in [3.05, 3.63) is 57.5 Å². The largest absolute Gasteiger partial charge is 0.326 e. The first-order valence-corrected chi connectivity index (χ1v) is 8.84. The third-order valence-corrected chi connectivity index (χ3v) is 4.95. The van der Waals surface area contributed by atoms with Gasteiger partial charge in [-0.05, 0) is 57.9 Å². The zero-order valence-corrected chi connectivity index (χ0v) is 14.4. The first kappa shape index (κ1) is 17.0. The molecule has 2 rings (SSSR count). The van der Waals surface area contributed by atoms with Crippen LogP contribution >= 0.6 is 27.5 Å². The van der Waals surface area contributed by atoms with E-state index in [1.807, 2.05) is 0 Å². The molecule has 1 amide bonds. The van der Waals surface area contributed by atoms with Crippen LogP contribution in [0.1, 0.15) is 5.56 Å². The van der Waals surface area contributed by atoms with E-state index in [4.69, 9.17) is 16.7 Å². The number of carbonyl (C=O) groups excluding carboxylic acids is 1. The Kier molecular flexibility index (Phi) is 5.23. The molecule has 0 saturated carbocycles. The van der Waals surface area contributed by atoms with Gasteiger partial charge in [-0.25, -0.2) is 13.6 Å². The molecule has 0 atom stereocenters. The normalized spacial score (nSPS) is 11.2. The minimum absolute atomic E-state index is 0.0262. The molecule has 116 valence electrons. The van der Waals surface area contributed by atoms with E-state index in [9.17, 15) is 13.2 Å². The maximum Gasteiger partial charge on any atom is 0.239 e. The number of nitrogens with one attached hydrogen (secondary N) is 1. The van der Waals surface area contributed by atoms with Gasteiger partial charge >= 0.3 is 0 Å². The van der Waals surface area contributed by atoms with Crippen LogP contribution in [0.4, 0.5) is 5.69 Å². The molecule has 0 radical (unpaired) electrons. The summed E-state index contributed by atoms with van der Waals surface area (Å²) < 4.78 is 23.3. The number of sulfonamides is 1. The topological polar surface area (TPSA) is 89.3 Å². The van der Waals surface area contributed by atoms with Crippen LogP contribution in [-0.4, -0.2) is 14.3 Å². The standard InChI is InChI=1S/C14H12BrClN2O3S/c15-12-6-1-9(7-13(12)22(17,20)21)8-14(19)18-11-4-2-10(16)3-5-11/h1-7H,8H2,(H,18,19)(H2,17,20,21). The highest BCUT2D eigenvalue weighted by Crippen LogP contribution is 2.22. The summed E-state index contributed by atoms with van der Waals surface area (Å²) in [6, 6.07) is 11.3. The first-order valence-electron chi connectivity index (χ1n) is 6.12. The van der Waals surface area contributed by atoms with Gasteiger partial charge in [0.2, 0.25) is 15.9 Å². The van der Waals surface area contributed by atoms with E-state index in [-0.39, 0.29) is 17.2 Å². The van der Waals surface area contributed by atoms with E-state index in [1.54, 1.807) is 36.4 Å². The fourth-order valence-corrected chi connectivity index (χ4v) is 3.50. The number of anilines is 1. The second-order valence-corrected chi connectivity index (χ2v) is 7.36. The summed E-state index contributed by atoms with van der Waals surface area (Å²) >= 11 is 8.89. The van der Waals surface area contributed by atoms with E-state index < -0.39 is 10.0 Å². The van der Waals surface area contributed by atoms with Crippen LogP contribution in [0.15, 0.2) is 51.8 Å². The summed E-state index contributed by atoms with van der Waals surface area (Å²) in [6.45, 7) is 0. The number of rotatable bonds is 4. The number of amides is 1. The van der Waals surface area contributed by atoms with Gasteiger partial charge in [0, 0.05) is 15.2 Å². The van der Waals surface area contributed by atoms with Crippen LogP contribution in [-0.2, 0) is 21.2 Å². The first-order chi connectivity index (χ1) is 10.3. The average molecular weight is 404 g/mol. The summed E-state index contributed by atoms with van der Waals surface area (Å²) in [6.07, 6.45) is 0.0262. The maximum atomic E-state index is 12.0. The number of primary sulfonamides is 1. The van der Waals surface area contributed by atoms with E-state index >= 15 is 0 Å². The number of hydrogen-bond acceptors (Lipinski definition) is 3. The average Bonchev–Trinajstić information content (AvgIpc) is 2.42. The van der Waals surface area contributed by atoms with E-state index in [1.165, 1.54) is 6.07 Å². The van der Waals surface area contributed by atoms with Crippen molar-refractivity contribution in [1.82, 2.24) is 0 Å². The smallest absolute Gasteiger partial charge is 0.239 e. The summed E-state index contributed by atoms with van der Waals surface area (Å²) in [7, 11) is -3.85. The fourth-order valence-electron chi connectivity index (χ4n) is 1.80. The van der Waals surface area contributed by atoms with Gasteiger partial charge in [-0.2, -0.15) is 0 Å². The lowest BCUT2D eigenvalue weighted by Crippen LogP contribution is -2.16. The fraction of sp³-hybridized carbons (Fsp3) is 0.0714. The molecule has 2 aromatic rings. The second kappa shape index (κ2) is 6.78. The van der Waals surface area contributed by atoms with Crippen LogP contribution < -0.4 is 10.5 Å². The van der Waals surface area contributed by atoms with Crippen molar-refractivity contribution >= 4 is 49.1 Å². The predicted molar refractivity (Wildman–Crippen MR) is 89.3 cm³/mol. The molecular formula is C14H12BrClN2O3S. The second-order valence-electron chi connectivity index (χ2n) is 4.54. The molecule has 8 heteroatoms. The van der Waals surface area contributed by atoms with Crippen molar-refractivity contribution in [1.29, 1.82) is 0 Å². The molecule has 0 bridgehead atoms. The van der Waals surface area contributed by atoms with Crippen molar-refractivity contribution in [2.24, 2.45) is 5.14 Å². The molecule has 0 aliphatic carbocycles.